The van der Waals surface area contributed by atoms with Crippen LogP contribution in [0.25, 0.3) is 20.7 Å². The van der Waals surface area contributed by atoms with E-state index in [1.165, 1.54) is 35.9 Å². The van der Waals surface area contributed by atoms with Crippen LogP contribution in [-0.2, 0) is 11.8 Å². The third-order valence-corrected chi connectivity index (χ3v) is 7.83. The van der Waals surface area contributed by atoms with Crippen molar-refractivity contribution in [2.45, 2.75) is 49.1 Å². The molecule has 1 N–H and O–H groups in total. The first kappa shape index (κ1) is 18.7. The zero-order valence-electron chi connectivity index (χ0n) is 15.2. The Balaban J connectivity index is 1.60. The molecule has 3 aromatic heterocycles. The molecule has 0 radical (unpaired) electrons. The number of nitrogens with one attached hydrogen (secondary N) is 1. The average Bonchev–Trinajstić information content (AvgIpc) is 3.39. The van der Waals surface area contributed by atoms with Crippen molar-refractivity contribution in [3.05, 3.63) is 33.2 Å². The summed E-state index contributed by atoms with van der Waals surface area (Å²) in [6.07, 6.45) is 4.49. The monoisotopic (exact) mass is 419 g/mol. The Hall–Kier alpha value is -1.64. The maximum absolute atomic E-state index is 13.0. The van der Waals surface area contributed by atoms with E-state index in [1.807, 2.05) is 29.8 Å². The van der Waals surface area contributed by atoms with Gasteiger partial charge in [-0.3, -0.25) is 14.2 Å². The first-order valence-corrected chi connectivity index (χ1v) is 11.7. The Labute approximate surface area is 169 Å². The number of rotatable bonds is 5. The second kappa shape index (κ2) is 7.77. The summed E-state index contributed by atoms with van der Waals surface area (Å²) in [6, 6.07) is 4.30. The van der Waals surface area contributed by atoms with E-state index in [-0.39, 0.29) is 16.7 Å². The molecular weight excluding hydrogens is 398 g/mol. The zero-order chi connectivity index (χ0) is 19.0. The van der Waals surface area contributed by atoms with Gasteiger partial charge in [-0.2, -0.15) is 0 Å². The summed E-state index contributed by atoms with van der Waals surface area (Å²) in [5.74, 6) is 0.0201. The Morgan fingerprint density at radius 2 is 2.15 bits per heavy atom. The number of aromatic nitrogens is 2. The second-order valence-corrected chi connectivity index (χ2v) is 9.93. The van der Waals surface area contributed by atoms with Crippen LogP contribution in [0.2, 0.25) is 0 Å². The minimum Gasteiger partial charge on any atom is -0.352 e. The molecule has 142 valence electrons. The Bertz CT molecular complexity index is 1020. The summed E-state index contributed by atoms with van der Waals surface area (Å²) in [6.45, 7) is 1.87. The van der Waals surface area contributed by atoms with Crippen LogP contribution in [0.4, 0.5) is 0 Å². The van der Waals surface area contributed by atoms with Gasteiger partial charge >= 0.3 is 0 Å². The number of nitrogens with zero attached hydrogens (tertiary/aromatic N) is 2. The van der Waals surface area contributed by atoms with Gasteiger partial charge in [0, 0.05) is 28.9 Å². The summed E-state index contributed by atoms with van der Waals surface area (Å²) in [5.41, 5.74) is 0.886. The fourth-order valence-electron chi connectivity index (χ4n) is 3.37. The molecule has 5 nitrogen and oxygen atoms in total. The highest BCUT2D eigenvalue weighted by atomic mass is 32.2. The molecular formula is C19H21N3O2S3. The van der Waals surface area contributed by atoms with E-state index in [2.05, 4.69) is 10.3 Å². The average molecular weight is 420 g/mol. The van der Waals surface area contributed by atoms with E-state index in [9.17, 15) is 9.59 Å². The molecule has 3 aromatic rings. The van der Waals surface area contributed by atoms with Gasteiger partial charge in [0.1, 0.15) is 4.83 Å². The summed E-state index contributed by atoms with van der Waals surface area (Å²) in [7, 11) is 1.73. The van der Waals surface area contributed by atoms with Crippen molar-refractivity contribution >= 4 is 50.6 Å². The smallest absolute Gasteiger partial charge is 0.263 e. The van der Waals surface area contributed by atoms with Gasteiger partial charge in [-0.1, -0.05) is 30.7 Å². The molecule has 3 heterocycles. The van der Waals surface area contributed by atoms with Gasteiger partial charge in [0.2, 0.25) is 5.91 Å². The lowest BCUT2D eigenvalue weighted by Crippen LogP contribution is -2.38. The highest BCUT2D eigenvalue weighted by molar-refractivity contribution is 8.00. The highest BCUT2D eigenvalue weighted by Gasteiger charge is 2.23. The maximum atomic E-state index is 13.0. The molecule has 0 bridgehead atoms. The van der Waals surface area contributed by atoms with E-state index < -0.39 is 0 Å². The number of hydrogen-bond donors (Lipinski definition) is 1. The molecule has 4 rings (SSSR count). The minimum absolute atomic E-state index is 0.0201. The highest BCUT2D eigenvalue weighted by Crippen LogP contribution is 2.34. The van der Waals surface area contributed by atoms with Crippen LogP contribution in [-0.4, -0.2) is 26.8 Å². The Kier molecular flexibility index (Phi) is 5.39. The topological polar surface area (TPSA) is 64.0 Å². The summed E-state index contributed by atoms with van der Waals surface area (Å²) in [4.78, 5) is 31.9. The van der Waals surface area contributed by atoms with Crippen LogP contribution in [0, 0.1) is 0 Å². The number of carbonyl (C=O) groups is 1. The lowest BCUT2D eigenvalue weighted by atomic mass is 10.2. The van der Waals surface area contributed by atoms with Gasteiger partial charge in [-0.05, 0) is 31.2 Å². The predicted octanol–water partition coefficient (Wildman–Crippen LogP) is 4.26. The fourth-order valence-corrected chi connectivity index (χ4v) is 6.06. The van der Waals surface area contributed by atoms with Gasteiger partial charge in [0.25, 0.3) is 5.56 Å². The first-order chi connectivity index (χ1) is 13.0. The van der Waals surface area contributed by atoms with Crippen molar-refractivity contribution in [1.82, 2.24) is 14.9 Å². The molecule has 0 spiro atoms. The number of thiophene rings is 2. The normalized spacial score (nSPS) is 16.1. The van der Waals surface area contributed by atoms with Crippen LogP contribution >= 0.6 is 34.4 Å². The van der Waals surface area contributed by atoms with Gasteiger partial charge in [-0.15, -0.1) is 22.7 Å². The Morgan fingerprint density at radius 3 is 2.85 bits per heavy atom. The third kappa shape index (κ3) is 3.70. The minimum atomic E-state index is -0.294. The summed E-state index contributed by atoms with van der Waals surface area (Å²) < 4.78 is 1.57. The van der Waals surface area contributed by atoms with Crippen LogP contribution in [0.5, 0.6) is 0 Å². The molecule has 1 aliphatic rings. The van der Waals surface area contributed by atoms with E-state index in [0.717, 1.165) is 28.1 Å². The van der Waals surface area contributed by atoms with E-state index in [1.54, 1.807) is 23.0 Å². The fraction of sp³-hybridized carbons (Fsp3) is 0.421. The van der Waals surface area contributed by atoms with Gasteiger partial charge < -0.3 is 5.32 Å². The van der Waals surface area contributed by atoms with Gasteiger partial charge in [0.05, 0.1) is 10.6 Å². The molecule has 8 heteroatoms. The van der Waals surface area contributed by atoms with Gasteiger partial charge in [0.15, 0.2) is 5.16 Å². The van der Waals surface area contributed by atoms with Crippen molar-refractivity contribution in [3.8, 4) is 10.4 Å². The molecule has 1 unspecified atom stereocenters. The molecule has 0 aromatic carbocycles. The third-order valence-electron chi connectivity index (χ3n) is 4.91. The van der Waals surface area contributed by atoms with Crippen LogP contribution < -0.4 is 10.9 Å². The summed E-state index contributed by atoms with van der Waals surface area (Å²) >= 11 is 4.44. The predicted molar refractivity (Wildman–Crippen MR) is 114 cm³/mol. The van der Waals surface area contributed by atoms with Crippen molar-refractivity contribution in [2.24, 2.45) is 7.05 Å². The second-order valence-electron chi connectivity index (χ2n) is 6.82. The molecule has 1 fully saturated rings. The lowest BCUT2D eigenvalue weighted by Gasteiger charge is -2.17. The quantitative estimate of drug-likeness (QED) is 0.496. The number of fused-ring (bicyclic) bond motifs is 1. The maximum Gasteiger partial charge on any atom is 0.263 e. The standard InChI is InChI=1S/C19H21N3O2S3/c1-11(16(23)20-12-6-3-4-7-12)27-19-21-17-15(18(24)22(19)2)13(10-26-17)14-8-5-9-25-14/h5,8-12H,3-4,6-7H2,1-2H3,(H,20,23). The molecule has 0 saturated heterocycles. The van der Waals surface area contributed by atoms with Crippen molar-refractivity contribution in [3.63, 3.8) is 0 Å². The SMILES string of the molecule is CC(Sc1nc2scc(-c3cccs3)c2c(=O)n1C)C(=O)NC1CCCC1. The van der Waals surface area contributed by atoms with Gasteiger partial charge in [-0.25, -0.2) is 4.98 Å². The molecule has 1 saturated carbocycles. The largest absolute Gasteiger partial charge is 0.352 e. The van der Waals surface area contributed by atoms with Crippen LogP contribution in [0.3, 0.4) is 0 Å². The molecule has 1 aliphatic carbocycles. The lowest BCUT2D eigenvalue weighted by molar-refractivity contribution is -0.120. The van der Waals surface area contributed by atoms with E-state index >= 15 is 0 Å². The van der Waals surface area contributed by atoms with Crippen molar-refractivity contribution < 1.29 is 4.79 Å². The number of thioether (sulfide) groups is 1. The number of hydrogen-bond acceptors (Lipinski definition) is 6. The van der Waals surface area contributed by atoms with Crippen molar-refractivity contribution in [2.75, 3.05) is 0 Å². The molecule has 1 amide bonds. The zero-order valence-corrected chi connectivity index (χ0v) is 17.7. The van der Waals surface area contributed by atoms with E-state index in [4.69, 9.17) is 0 Å². The number of amides is 1. The number of carbonyl (C=O) groups excluding carboxylic acids is 1. The molecule has 0 aliphatic heterocycles. The Morgan fingerprint density at radius 1 is 1.37 bits per heavy atom. The van der Waals surface area contributed by atoms with Crippen molar-refractivity contribution in [1.29, 1.82) is 0 Å². The van der Waals surface area contributed by atoms with Crippen LogP contribution in [0.1, 0.15) is 32.6 Å². The van der Waals surface area contributed by atoms with Crippen LogP contribution in [0.15, 0.2) is 32.8 Å². The molecule has 1 atom stereocenters. The first-order valence-electron chi connectivity index (χ1n) is 9.03. The molecule has 27 heavy (non-hydrogen) atoms. The summed E-state index contributed by atoms with van der Waals surface area (Å²) in [5, 5.41) is 8.08. The van der Waals surface area contributed by atoms with E-state index in [0.29, 0.717) is 16.6 Å².